The number of anilines is 3. The average Bonchev–Trinajstić information content (AvgIpc) is 3.27. The van der Waals surface area contributed by atoms with Gasteiger partial charge in [-0.1, -0.05) is 29.3 Å². The number of nitrogens with one attached hydrogen (secondary N) is 2. The monoisotopic (exact) mass is 517 g/mol. The molecule has 4 rings (SSSR count). The molecule has 2 N–H and O–H groups in total. The first-order valence-corrected chi connectivity index (χ1v) is 12.5. The Bertz CT molecular complexity index is 1210. The predicted molar refractivity (Wildman–Crippen MR) is 139 cm³/mol. The van der Waals surface area contributed by atoms with Gasteiger partial charge in [-0.25, -0.2) is 4.98 Å². The van der Waals surface area contributed by atoms with Gasteiger partial charge in [-0.15, -0.1) is 11.3 Å². The fourth-order valence-electron chi connectivity index (χ4n) is 3.62. The van der Waals surface area contributed by atoms with Gasteiger partial charge in [-0.3, -0.25) is 14.5 Å². The van der Waals surface area contributed by atoms with E-state index in [0.29, 0.717) is 53.6 Å². The maximum Gasteiger partial charge on any atom is 0.273 e. The van der Waals surface area contributed by atoms with Gasteiger partial charge in [0.05, 0.1) is 16.6 Å². The second-order valence-corrected chi connectivity index (χ2v) is 9.88. The Kier molecular flexibility index (Phi) is 7.73. The highest BCUT2D eigenvalue weighted by atomic mass is 35.5. The van der Waals surface area contributed by atoms with Crippen molar-refractivity contribution in [3.8, 4) is 0 Å². The summed E-state index contributed by atoms with van der Waals surface area (Å²) in [4.78, 5) is 33.6. The standard InChI is InChI=1S/C24H25Cl2N5O2S/c1-15-3-4-17(11-16(15)2)27-22(32)13-30-7-9-31(10-8-30)23(33)21-14-34-24(29-21)28-18-5-6-19(25)20(26)12-18/h3-6,11-12,14H,7-10,13H2,1-2H3,(H,27,32)(H,28,29). The molecule has 0 aliphatic carbocycles. The molecule has 1 aromatic heterocycles. The molecule has 0 saturated carbocycles. The van der Waals surface area contributed by atoms with E-state index in [9.17, 15) is 9.59 Å². The number of rotatable bonds is 6. The van der Waals surface area contributed by atoms with Crippen molar-refractivity contribution in [2.45, 2.75) is 13.8 Å². The van der Waals surface area contributed by atoms with Crippen LogP contribution in [0.4, 0.5) is 16.5 Å². The van der Waals surface area contributed by atoms with Gasteiger partial charge in [0.15, 0.2) is 5.13 Å². The number of halogens is 2. The summed E-state index contributed by atoms with van der Waals surface area (Å²) in [6, 6.07) is 11.1. The molecule has 34 heavy (non-hydrogen) atoms. The Balaban J connectivity index is 1.26. The van der Waals surface area contributed by atoms with Crippen LogP contribution in [0.25, 0.3) is 0 Å². The summed E-state index contributed by atoms with van der Waals surface area (Å²) >= 11 is 13.4. The number of hydrogen-bond acceptors (Lipinski definition) is 6. The average molecular weight is 518 g/mol. The molecule has 178 valence electrons. The molecule has 0 atom stereocenters. The first-order valence-electron chi connectivity index (χ1n) is 10.8. The number of amides is 2. The number of piperazine rings is 1. The summed E-state index contributed by atoms with van der Waals surface area (Å²) in [6.07, 6.45) is 0. The van der Waals surface area contributed by atoms with Crippen LogP contribution in [0.5, 0.6) is 0 Å². The highest BCUT2D eigenvalue weighted by molar-refractivity contribution is 7.14. The minimum absolute atomic E-state index is 0.0550. The zero-order valence-electron chi connectivity index (χ0n) is 18.9. The zero-order valence-corrected chi connectivity index (χ0v) is 21.2. The van der Waals surface area contributed by atoms with Crippen LogP contribution < -0.4 is 10.6 Å². The number of aromatic nitrogens is 1. The van der Waals surface area contributed by atoms with Crippen LogP contribution in [0.1, 0.15) is 21.6 Å². The number of aryl methyl sites for hydroxylation is 2. The lowest BCUT2D eigenvalue weighted by Crippen LogP contribution is -2.50. The second-order valence-electron chi connectivity index (χ2n) is 8.21. The maximum absolute atomic E-state index is 12.9. The summed E-state index contributed by atoms with van der Waals surface area (Å²) in [6.45, 7) is 6.71. The van der Waals surface area contributed by atoms with Crippen LogP contribution in [-0.2, 0) is 4.79 Å². The normalized spacial score (nSPS) is 14.2. The van der Waals surface area contributed by atoms with E-state index < -0.39 is 0 Å². The van der Waals surface area contributed by atoms with Crippen LogP contribution in [-0.4, -0.2) is 59.3 Å². The summed E-state index contributed by atoms with van der Waals surface area (Å²) < 4.78 is 0. The van der Waals surface area contributed by atoms with Gasteiger partial charge in [-0.2, -0.15) is 0 Å². The van der Waals surface area contributed by atoms with E-state index in [4.69, 9.17) is 23.2 Å². The van der Waals surface area contributed by atoms with Gasteiger partial charge >= 0.3 is 0 Å². The first kappa shape index (κ1) is 24.5. The molecule has 0 radical (unpaired) electrons. The molecular formula is C24H25Cl2N5O2S. The topological polar surface area (TPSA) is 77.6 Å². The molecule has 0 unspecified atom stereocenters. The molecule has 1 aliphatic rings. The summed E-state index contributed by atoms with van der Waals surface area (Å²) in [5, 5.41) is 9.36. The quantitative estimate of drug-likeness (QED) is 0.469. The maximum atomic E-state index is 12.9. The number of thiazole rings is 1. The van der Waals surface area contributed by atoms with E-state index in [0.717, 1.165) is 16.9 Å². The third kappa shape index (κ3) is 6.07. The van der Waals surface area contributed by atoms with Gasteiger partial charge in [0.2, 0.25) is 5.91 Å². The van der Waals surface area contributed by atoms with E-state index in [1.54, 1.807) is 28.5 Å². The van der Waals surface area contributed by atoms with Crippen molar-refractivity contribution in [2.24, 2.45) is 0 Å². The Labute approximate surface area is 212 Å². The fraction of sp³-hybridized carbons (Fsp3) is 0.292. The molecule has 1 fully saturated rings. The van der Waals surface area contributed by atoms with Crippen molar-refractivity contribution in [1.29, 1.82) is 0 Å². The van der Waals surface area contributed by atoms with Gasteiger partial charge in [0.25, 0.3) is 5.91 Å². The third-order valence-corrected chi connectivity index (χ3v) is 7.21. The summed E-state index contributed by atoms with van der Waals surface area (Å²) in [5.41, 5.74) is 4.28. The minimum Gasteiger partial charge on any atom is -0.335 e. The molecule has 1 saturated heterocycles. The number of hydrogen-bond donors (Lipinski definition) is 2. The SMILES string of the molecule is Cc1ccc(NC(=O)CN2CCN(C(=O)c3csc(Nc4ccc(Cl)c(Cl)c4)n3)CC2)cc1C. The number of carbonyl (C=O) groups excluding carboxylic acids is 2. The molecule has 2 aromatic carbocycles. The lowest BCUT2D eigenvalue weighted by atomic mass is 10.1. The molecule has 7 nitrogen and oxygen atoms in total. The van der Waals surface area contributed by atoms with E-state index in [1.165, 1.54) is 16.9 Å². The van der Waals surface area contributed by atoms with Crippen LogP contribution in [0.15, 0.2) is 41.8 Å². The Morgan fingerprint density at radius 2 is 1.71 bits per heavy atom. The van der Waals surface area contributed by atoms with Gasteiger partial charge in [-0.05, 0) is 55.3 Å². The lowest BCUT2D eigenvalue weighted by molar-refractivity contribution is -0.117. The van der Waals surface area contributed by atoms with E-state index in [1.807, 2.05) is 32.0 Å². The largest absolute Gasteiger partial charge is 0.335 e. The summed E-state index contributed by atoms with van der Waals surface area (Å²) in [7, 11) is 0. The van der Waals surface area contributed by atoms with Crippen molar-refractivity contribution in [2.75, 3.05) is 43.4 Å². The lowest BCUT2D eigenvalue weighted by Gasteiger charge is -2.33. The van der Waals surface area contributed by atoms with Crippen molar-refractivity contribution in [1.82, 2.24) is 14.8 Å². The fourth-order valence-corrected chi connectivity index (χ4v) is 4.62. The smallest absolute Gasteiger partial charge is 0.273 e. The highest BCUT2D eigenvalue weighted by Gasteiger charge is 2.25. The number of carbonyl (C=O) groups is 2. The molecule has 10 heteroatoms. The molecule has 1 aliphatic heterocycles. The van der Waals surface area contributed by atoms with Crippen molar-refractivity contribution in [3.05, 3.63) is 68.6 Å². The van der Waals surface area contributed by atoms with Crippen LogP contribution >= 0.6 is 34.5 Å². The number of nitrogens with zero attached hydrogens (tertiary/aromatic N) is 3. The second kappa shape index (κ2) is 10.7. The Morgan fingerprint density at radius 3 is 2.41 bits per heavy atom. The Hall–Kier alpha value is -2.65. The van der Waals surface area contributed by atoms with Crippen LogP contribution in [0, 0.1) is 13.8 Å². The molecule has 2 amide bonds. The van der Waals surface area contributed by atoms with Gasteiger partial charge in [0.1, 0.15) is 5.69 Å². The first-order chi connectivity index (χ1) is 16.3. The van der Waals surface area contributed by atoms with Crippen LogP contribution in [0.2, 0.25) is 10.0 Å². The molecular weight excluding hydrogens is 493 g/mol. The van der Waals surface area contributed by atoms with Crippen molar-refractivity contribution in [3.63, 3.8) is 0 Å². The molecule has 0 bridgehead atoms. The zero-order chi connectivity index (χ0) is 24.2. The predicted octanol–water partition coefficient (Wildman–Crippen LogP) is 5.21. The van der Waals surface area contributed by atoms with E-state index in [2.05, 4.69) is 20.5 Å². The summed E-state index contributed by atoms with van der Waals surface area (Å²) in [5.74, 6) is -0.168. The third-order valence-electron chi connectivity index (χ3n) is 5.71. The van der Waals surface area contributed by atoms with Crippen LogP contribution in [0.3, 0.4) is 0 Å². The highest BCUT2D eigenvalue weighted by Crippen LogP contribution is 2.28. The van der Waals surface area contributed by atoms with Gasteiger partial charge in [0, 0.05) is 42.9 Å². The molecule has 0 spiro atoms. The van der Waals surface area contributed by atoms with E-state index in [-0.39, 0.29) is 11.8 Å². The minimum atomic E-state index is -0.113. The van der Waals surface area contributed by atoms with Gasteiger partial charge < -0.3 is 15.5 Å². The van der Waals surface area contributed by atoms with Crippen molar-refractivity contribution >= 4 is 62.9 Å². The number of benzene rings is 2. The molecule has 3 aromatic rings. The Morgan fingerprint density at radius 1 is 0.971 bits per heavy atom. The van der Waals surface area contributed by atoms with Crippen molar-refractivity contribution < 1.29 is 9.59 Å². The van der Waals surface area contributed by atoms with E-state index >= 15 is 0 Å². The molecule has 2 heterocycles.